The summed E-state index contributed by atoms with van der Waals surface area (Å²) in [5, 5.41) is 2.11. The largest absolute Gasteiger partial charge is 0.465 e. The molecular formula is C13H15F3N2O3. The van der Waals surface area contributed by atoms with E-state index in [0.29, 0.717) is 12.5 Å². The Morgan fingerprint density at radius 1 is 1.29 bits per heavy atom. The highest BCUT2D eigenvalue weighted by Gasteiger charge is 2.54. The first-order valence-electron chi connectivity index (χ1n) is 5.86. The van der Waals surface area contributed by atoms with Gasteiger partial charge in [-0.05, 0) is 37.6 Å². The van der Waals surface area contributed by atoms with Crippen molar-refractivity contribution in [3.8, 4) is 0 Å². The maximum Gasteiger partial charge on any atom is 0.415 e. The third kappa shape index (κ3) is 3.52. The summed E-state index contributed by atoms with van der Waals surface area (Å²) in [4.78, 5) is 23.0. The molecule has 1 aromatic carbocycles. The van der Waals surface area contributed by atoms with Gasteiger partial charge in [0.15, 0.2) is 5.54 Å². The van der Waals surface area contributed by atoms with E-state index in [1.807, 2.05) is 0 Å². The minimum Gasteiger partial charge on any atom is -0.465 e. The Morgan fingerprint density at radius 3 is 2.29 bits per heavy atom. The minimum absolute atomic E-state index is 0.133. The molecule has 0 radical (unpaired) electrons. The molecule has 21 heavy (non-hydrogen) atoms. The molecule has 1 amide bonds. The number of rotatable bonds is 3. The van der Waals surface area contributed by atoms with Gasteiger partial charge in [0.05, 0.1) is 12.7 Å². The van der Waals surface area contributed by atoms with Crippen molar-refractivity contribution in [2.45, 2.75) is 25.6 Å². The Labute approximate surface area is 119 Å². The molecule has 0 aromatic heterocycles. The number of methoxy groups -OCH3 is 1. The SMILES string of the molecule is COC(=O)c1ccc(NC(=O)C(C)(N)C(F)(F)F)c(C)c1. The summed E-state index contributed by atoms with van der Waals surface area (Å²) in [7, 11) is 1.20. The molecule has 0 fully saturated rings. The molecule has 1 atom stereocenters. The number of amides is 1. The molecule has 1 rings (SSSR count). The van der Waals surface area contributed by atoms with Crippen molar-refractivity contribution < 1.29 is 27.5 Å². The molecular weight excluding hydrogens is 289 g/mol. The number of alkyl halides is 3. The molecule has 116 valence electrons. The average molecular weight is 304 g/mol. The first-order valence-corrected chi connectivity index (χ1v) is 5.86. The Morgan fingerprint density at radius 2 is 1.86 bits per heavy atom. The van der Waals surface area contributed by atoms with Crippen LogP contribution in [-0.2, 0) is 9.53 Å². The topological polar surface area (TPSA) is 81.4 Å². The van der Waals surface area contributed by atoms with E-state index in [1.165, 1.54) is 32.2 Å². The van der Waals surface area contributed by atoms with Crippen LogP contribution in [0.4, 0.5) is 18.9 Å². The fraction of sp³-hybridized carbons (Fsp3) is 0.385. The maximum atomic E-state index is 12.7. The summed E-state index contributed by atoms with van der Waals surface area (Å²) >= 11 is 0. The third-order valence-corrected chi connectivity index (χ3v) is 2.96. The number of hydrogen-bond acceptors (Lipinski definition) is 4. The lowest BCUT2D eigenvalue weighted by Crippen LogP contribution is -2.59. The van der Waals surface area contributed by atoms with E-state index in [-0.39, 0.29) is 11.3 Å². The monoisotopic (exact) mass is 304 g/mol. The molecule has 0 aliphatic heterocycles. The summed E-state index contributed by atoms with van der Waals surface area (Å²) in [5.41, 5.74) is 2.77. The van der Waals surface area contributed by atoms with Gasteiger partial charge >= 0.3 is 12.1 Å². The van der Waals surface area contributed by atoms with Crippen LogP contribution in [0.5, 0.6) is 0 Å². The first kappa shape index (κ1) is 17.0. The van der Waals surface area contributed by atoms with Gasteiger partial charge in [-0.15, -0.1) is 0 Å². The Bertz CT molecular complexity index is 568. The van der Waals surface area contributed by atoms with Crippen LogP contribution >= 0.6 is 0 Å². The Hall–Kier alpha value is -2.09. The van der Waals surface area contributed by atoms with Crippen LogP contribution in [0.15, 0.2) is 18.2 Å². The Balaban J connectivity index is 3.00. The van der Waals surface area contributed by atoms with Crippen molar-refractivity contribution in [3.05, 3.63) is 29.3 Å². The number of carbonyl (C=O) groups excluding carboxylic acids is 2. The molecule has 1 aromatic rings. The fourth-order valence-corrected chi connectivity index (χ4v) is 1.43. The highest BCUT2D eigenvalue weighted by molar-refractivity contribution is 5.99. The summed E-state index contributed by atoms with van der Waals surface area (Å²) in [5.74, 6) is -1.97. The van der Waals surface area contributed by atoms with Crippen LogP contribution < -0.4 is 11.1 Å². The van der Waals surface area contributed by atoms with Crippen LogP contribution in [0.1, 0.15) is 22.8 Å². The predicted octanol–water partition coefficient (Wildman–Crippen LogP) is 2.00. The van der Waals surface area contributed by atoms with Crippen molar-refractivity contribution in [2.75, 3.05) is 12.4 Å². The summed E-state index contributed by atoms with van der Waals surface area (Å²) in [6.45, 7) is 2.12. The van der Waals surface area contributed by atoms with E-state index in [0.717, 1.165) is 0 Å². The Kier molecular flexibility index (Phi) is 4.62. The number of halogens is 3. The number of ether oxygens (including phenoxy) is 1. The van der Waals surface area contributed by atoms with Gasteiger partial charge < -0.3 is 15.8 Å². The summed E-state index contributed by atoms with van der Waals surface area (Å²) in [6, 6.07) is 4.03. The molecule has 0 spiro atoms. The first-order chi connectivity index (χ1) is 9.50. The van der Waals surface area contributed by atoms with Gasteiger partial charge in [0, 0.05) is 5.69 Å². The van der Waals surface area contributed by atoms with Gasteiger partial charge in [-0.3, -0.25) is 4.79 Å². The van der Waals surface area contributed by atoms with Crippen LogP contribution in [0.3, 0.4) is 0 Å². The molecule has 5 nitrogen and oxygen atoms in total. The number of nitrogens with one attached hydrogen (secondary N) is 1. The van der Waals surface area contributed by atoms with E-state index in [2.05, 4.69) is 10.1 Å². The number of benzene rings is 1. The van der Waals surface area contributed by atoms with Crippen LogP contribution in [-0.4, -0.2) is 30.7 Å². The smallest absolute Gasteiger partial charge is 0.415 e. The molecule has 0 aliphatic rings. The van der Waals surface area contributed by atoms with E-state index in [9.17, 15) is 22.8 Å². The zero-order valence-corrected chi connectivity index (χ0v) is 11.7. The molecule has 0 heterocycles. The van der Waals surface area contributed by atoms with E-state index < -0.39 is 23.6 Å². The molecule has 3 N–H and O–H groups in total. The standard InChI is InChI=1S/C13H15F3N2O3/c1-7-6-8(10(19)21-3)4-5-9(7)18-11(20)12(2,17)13(14,15)16/h4-6H,17H2,1-3H3,(H,18,20). The molecule has 8 heteroatoms. The van der Waals surface area contributed by atoms with E-state index in [1.54, 1.807) is 0 Å². The normalized spacial score (nSPS) is 14.2. The predicted molar refractivity (Wildman–Crippen MR) is 69.8 cm³/mol. The minimum atomic E-state index is -4.88. The second-order valence-corrected chi connectivity index (χ2v) is 4.68. The van der Waals surface area contributed by atoms with Crippen LogP contribution in [0.25, 0.3) is 0 Å². The third-order valence-electron chi connectivity index (χ3n) is 2.96. The molecule has 0 aliphatic carbocycles. The molecule has 1 unspecified atom stereocenters. The highest BCUT2D eigenvalue weighted by Crippen LogP contribution is 2.29. The highest BCUT2D eigenvalue weighted by atomic mass is 19.4. The summed E-state index contributed by atoms with van der Waals surface area (Å²) in [6.07, 6.45) is -4.88. The number of hydrogen-bond donors (Lipinski definition) is 2. The van der Waals surface area contributed by atoms with Gasteiger partial charge in [-0.1, -0.05) is 0 Å². The lowest BCUT2D eigenvalue weighted by atomic mass is 10.0. The molecule has 0 bridgehead atoms. The van der Waals surface area contributed by atoms with Crippen molar-refractivity contribution >= 4 is 17.6 Å². The number of esters is 1. The van der Waals surface area contributed by atoms with Gasteiger partial charge in [0.1, 0.15) is 0 Å². The van der Waals surface area contributed by atoms with Crippen molar-refractivity contribution in [1.82, 2.24) is 0 Å². The zero-order chi connectivity index (χ0) is 16.4. The zero-order valence-electron chi connectivity index (χ0n) is 11.7. The maximum absolute atomic E-state index is 12.7. The number of nitrogens with two attached hydrogens (primary N) is 1. The van der Waals surface area contributed by atoms with Gasteiger partial charge in [-0.25, -0.2) is 4.79 Å². The second kappa shape index (κ2) is 5.72. The number of carbonyl (C=O) groups is 2. The van der Waals surface area contributed by atoms with Gasteiger partial charge in [0.25, 0.3) is 5.91 Å². The number of aryl methyl sites for hydroxylation is 1. The molecule has 0 saturated carbocycles. The van der Waals surface area contributed by atoms with Gasteiger partial charge in [0.2, 0.25) is 0 Å². The van der Waals surface area contributed by atoms with E-state index >= 15 is 0 Å². The van der Waals surface area contributed by atoms with Crippen molar-refractivity contribution in [3.63, 3.8) is 0 Å². The van der Waals surface area contributed by atoms with E-state index in [4.69, 9.17) is 5.73 Å². The van der Waals surface area contributed by atoms with Crippen LogP contribution in [0.2, 0.25) is 0 Å². The molecule has 0 saturated heterocycles. The lowest BCUT2D eigenvalue weighted by molar-refractivity contribution is -0.184. The van der Waals surface area contributed by atoms with Crippen molar-refractivity contribution in [1.29, 1.82) is 0 Å². The average Bonchev–Trinajstić information content (AvgIpc) is 2.38. The van der Waals surface area contributed by atoms with Gasteiger partial charge in [-0.2, -0.15) is 13.2 Å². The fourth-order valence-electron chi connectivity index (χ4n) is 1.43. The van der Waals surface area contributed by atoms with Crippen LogP contribution in [0, 0.1) is 6.92 Å². The summed E-state index contributed by atoms with van der Waals surface area (Å²) < 4.78 is 42.5. The van der Waals surface area contributed by atoms with Crippen molar-refractivity contribution in [2.24, 2.45) is 5.73 Å². The second-order valence-electron chi connectivity index (χ2n) is 4.68. The lowest BCUT2D eigenvalue weighted by Gasteiger charge is -2.26. The number of anilines is 1. The quantitative estimate of drug-likeness (QED) is 0.837.